The monoisotopic (exact) mass is 384 g/mol. The number of nitrogens with two attached hydrogens (primary N) is 1. The quantitative estimate of drug-likeness (QED) is 0.715. The van der Waals surface area contributed by atoms with Gasteiger partial charge in [-0.15, -0.1) is 0 Å². The Kier molecular flexibility index (Phi) is 6.11. The largest absolute Gasteiger partial charge is 0.330 e. The molecule has 1 heterocycles. The van der Waals surface area contributed by atoms with Gasteiger partial charge in [0.05, 0.1) is 16.5 Å². The summed E-state index contributed by atoms with van der Waals surface area (Å²) in [6, 6.07) is 13.6. The maximum atomic E-state index is 12.6. The molecule has 0 saturated heterocycles. The Morgan fingerprint density at radius 2 is 1.89 bits per heavy atom. The highest BCUT2D eigenvalue weighted by molar-refractivity contribution is 7.92. The third-order valence-electron chi connectivity index (χ3n) is 4.77. The minimum Gasteiger partial charge on any atom is -0.330 e. The minimum atomic E-state index is -3.68. The highest BCUT2D eigenvalue weighted by Gasteiger charge is 2.18. The molecule has 0 spiro atoms. The number of hydrogen-bond acceptors (Lipinski definition) is 5. The number of nitrogens with zero attached hydrogens (tertiary/aromatic N) is 2. The molecule has 6 nitrogen and oxygen atoms in total. The van der Waals surface area contributed by atoms with Crippen LogP contribution in [0.4, 0.5) is 5.69 Å². The number of unbranched alkanes of at least 4 members (excludes halogenated alkanes) is 1. The van der Waals surface area contributed by atoms with Gasteiger partial charge in [0, 0.05) is 18.8 Å². The average Bonchev–Trinajstić information content (AvgIpc) is 2.67. The van der Waals surface area contributed by atoms with E-state index < -0.39 is 10.0 Å². The van der Waals surface area contributed by atoms with E-state index in [0.29, 0.717) is 17.8 Å². The van der Waals surface area contributed by atoms with E-state index >= 15 is 0 Å². The molecule has 7 heteroatoms. The summed E-state index contributed by atoms with van der Waals surface area (Å²) in [6.07, 6.45) is 3.07. The van der Waals surface area contributed by atoms with Crippen molar-refractivity contribution >= 4 is 15.7 Å². The number of fused-ring (bicyclic) bond motifs is 1. The van der Waals surface area contributed by atoms with Gasteiger partial charge in [-0.25, -0.2) is 8.42 Å². The minimum absolute atomic E-state index is 0.141. The number of hydrogen-bond donors (Lipinski definition) is 2. The lowest BCUT2D eigenvalue weighted by molar-refractivity contribution is 0.249. The first-order chi connectivity index (χ1) is 13.0. The summed E-state index contributed by atoms with van der Waals surface area (Å²) in [5.74, 6) is 0. The molecular weight excluding hydrogens is 360 g/mol. The lowest BCUT2D eigenvalue weighted by Gasteiger charge is -2.29. The van der Waals surface area contributed by atoms with Crippen LogP contribution in [-0.2, 0) is 23.0 Å². The maximum Gasteiger partial charge on any atom is 0.261 e. The summed E-state index contributed by atoms with van der Waals surface area (Å²) in [5, 5.41) is 8.84. The standard InChI is InChI=1S/C20H24N4O2S/c21-10-1-2-11-24-12-9-17-5-6-19(13-18(17)15-24)23-27(25,26)20-7-3-16(14-22)4-8-20/h3-8,13,23H,1-2,9-12,15,21H2. The molecule has 0 bridgehead atoms. The van der Waals surface area contributed by atoms with Crippen LogP contribution in [0.2, 0.25) is 0 Å². The molecule has 0 fully saturated rings. The Morgan fingerprint density at radius 1 is 1.11 bits per heavy atom. The van der Waals surface area contributed by atoms with Gasteiger partial charge in [0.25, 0.3) is 10.0 Å². The van der Waals surface area contributed by atoms with Gasteiger partial charge in [-0.3, -0.25) is 9.62 Å². The first kappa shape index (κ1) is 19.4. The highest BCUT2D eigenvalue weighted by atomic mass is 32.2. The highest BCUT2D eigenvalue weighted by Crippen LogP contribution is 2.24. The van der Waals surface area contributed by atoms with Crippen LogP contribution in [0.3, 0.4) is 0 Å². The molecule has 0 aliphatic carbocycles. The zero-order valence-corrected chi connectivity index (χ0v) is 16.0. The zero-order chi connectivity index (χ0) is 19.3. The van der Waals surface area contributed by atoms with E-state index in [1.165, 1.54) is 29.8 Å². The Balaban J connectivity index is 1.73. The smallest absolute Gasteiger partial charge is 0.261 e. The molecule has 0 unspecified atom stereocenters. The van der Waals surface area contributed by atoms with Crippen molar-refractivity contribution in [2.24, 2.45) is 5.73 Å². The van der Waals surface area contributed by atoms with Gasteiger partial charge in [-0.1, -0.05) is 6.07 Å². The van der Waals surface area contributed by atoms with Crippen LogP contribution < -0.4 is 10.5 Å². The van der Waals surface area contributed by atoms with Gasteiger partial charge in [0.2, 0.25) is 0 Å². The molecule has 0 amide bonds. The molecule has 27 heavy (non-hydrogen) atoms. The zero-order valence-electron chi connectivity index (χ0n) is 15.2. The lowest BCUT2D eigenvalue weighted by atomic mass is 9.99. The maximum absolute atomic E-state index is 12.6. The van der Waals surface area contributed by atoms with Crippen LogP contribution in [0.5, 0.6) is 0 Å². The van der Waals surface area contributed by atoms with Crippen molar-refractivity contribution < 1.29 is 8.42 Å². The lowest BCUT2D eigenvalue weighted by Crippen LogP contribution is -2.31. The summed E-state index contributed by atoms with van der Waals surface area (Å²) in [5.41, 5.74) is 8.98. The summed E-state index contributed by atoms with van der Waals surface area (Å²) < 4.78 is 27.8. The Labute approximate surface area is 160 Å². The van der Waals surface area contributed by atoms with Gasteiger partial charge in [-0.05, 0) is 79.9 Å². The van der Waals surface area contributed by atoms with Gasteiger partial charge in [0.1, 0.15) is 0 Å². The number of anilines is 1. The first-order valence-corrected chi connectivity index (χ1v) is 10.6. The fourth-order valence-electron chi connectivity index (χ4n) is 3.27. The van der Waals surface area contributed by atoms with E-state index in [2.05, 4.69) is 9.62 Å². The third-order valence-corrected chi connectivity index (χ3v) is 6.17. The van der Waals surface area contributed by atoms with Crippen LogP contribution in [0.15, 0.2) is 47.4 Å². The van der Waals surface area contributed by atoms with Gasteiger partial charge < -0.3 is 5.73 Å². The van der Waals surface area contributed by atoms with Gasteiger partial charge in [0.15, 0.2) is 0 Å². The van der Waals surface area contributed by atoms with Crippen LogP contribution in [0, 0.1) is 11.3 Å². The van der Waals surface area contributed by atoms with Crippen molar-refractivity contribution in [3.8, 4) is 6.07 Å². The van der Waals surface area contributed by atoms with Crippen molar-refractivity contribution in [2.45, 2.75) is 30.7 Å². The fraction of sp³-hybridized carbons (Fsp3) is 0.350. The Hall–Kier alpha value is -2.40. The van der Waals surface area contributed by atoms with Crippen LogP contribution in [-0.4, -0.2) is 33.0 Å². The van der Waals surface area contributed by atoms with E-state index in [0.717, 1.165) is 44.5 Å². The molecule has 0 atom stereocenters. The van der Waals surface area contributed by atoms with E-state index in [1.807, 2.05) is 24.3 Å². The predicted octanol–water partition coefficient (Wildman–Crippen LogP) is 2.46. The van der Waals surface area contributed by atoms with Crippen molar-refractivity contribution in [3.05, 3.63) is 59.2 Å². The normalized spacial score (nSPS) is 14.4. The summed E-state index contributed by atoms with van der Waals surface area (Å²) in [4.78, 5) is 2.53. The third kappa shape index (κ3) is 4.86. The number of benzene rings is 2. The van der Waals surface area contributed by atoms with Crippen LogP contribution in [0.1, 0.15) is 29.5 Å². The molecule has 1 aliphatic rings. The van der Waals surface area contributed by atoms with Crippen LogP contribution in [0.25, 0.3) is 0 Å². The van der Waals surface area contributed by atoms with E-state index in [-0.39, 0.29) is 4.90 Å². The fourth-order valence-corrected chi connectivity index (χ4v) is 4.32. The SMILES string of the molecule is N#Cc1ccc(S(=O)(=O)Nc2ccc3c(c2)CN(CCCCN)CC3)cc1. The summed E-state index contributed by atoms with van der Waals surface area (Å²) in [7, 11) is -3.68. The average molecular weight is 385 g/mol. The predicted molar refractivity (Wildman–Crippen MR) is 106 cm³/mol. The van der Waals surface area contributed by atoms with E-state index in [9.17, 15) is 8.42 Å². The second kappa shape index (κ2) is 8.53. The van der Waals surface area contributed by atoms with E-state index in [4.69, 9.17) is 11.0 Å². The summed E-state index contributed by atoms with van der Waals surface area (Å²) in [6.45, 7) is 3.57. The van der Waals surface area contributed by atoms with Crippen molar-refractivity contribution in [1.82, 2.24) is 4.90 Å². The molecule has 3 rings (SSSR count). The second-order valence-electron chi connectivity index (χ2n) is 6.75. The molecular formula is C20H24N4O2S. The number of nitriles is 1. The molecule has 142 valence electrons. The summed E-state index contributed by atoms with van der Waals surface area (Å²) >= 11 is 0. The van der Waals surface area contributed by atoms with Crippen LogP contribution >= 0.6 is 0 Å². The van der Waals surface area contributed by atoms with Crippen molar-refractivity contribution in [3.63, 3.8) is 0 Å². The molecule has 2 aromatic carbocycles. The molecule has 2 aromatic rings. The van der Waals surface area contributed by atoms with Crippen molar-refractivity contribution in [1.29, 1.82) is 5.26 Å². The van der Waals surface area contributed by atoms with Gasteiger partial charge >= 0.3 is 0 Å². The molecule has 0 saturated carbocycles. The first-order valence-electron chi connectivity index (χ1n) is 9.09. The molecule has 1 aliphatic heterocycles. The number of nitrogens with one attached hydrogen (secondary N) is 1. The Morgan fingerprint density at radius 3 is 2.59 bits per heavy atom. The van der Waals surface area contributed by atoms with Gasteiger partial charge in [-0.2, -0.15) is 5.26 Å². The molecule has 0 aromatic heterocycles. The molecule has 3 N–H and O–H groups in total. The number of rotatable bonds is 7. The second-order valence-corrected chi connectivity index (χ2v) is 8.43. The van der Waals surface area contributed by atoms with Crippen molar-refractivity contribution in [2.75, 3.05) is 24.4 Å². The Bertz CT molecular complexity index is 933. The van der Waals surface area contributed by atoms with E-state index in [1.54, 1.807) is 0 Å². The number of sulfonamides is 1. The molecule has 0 radical (unpaired) electrons. The topological polar surface area (TPSA) is 99.2 Å².